The van der Waals surface area contributed by atoms with E-state index in [1.54, 1.807) is 37.6 Å². The third kappa shape index (κ3) is 4.78. The van der Waals surface area contributed by atoms with Crippen LogP contribution < -0.4 is 14.4 Å². The predicted octanol–water partition coefficient (Wildman–Crippen LogP) is 5.02. The zero-order valence-corrected chi connectivity index (χ0v) is 18.8. The number of phenolic OH excluding ortho intramolecular Hbond substituents is 2. The molecule has 0 unspecified atom stereocenters. The molecule has 0 saturated carbocycles. The largest absolute Gasteiger partial charge is 0.508 e. The number of anilines is 1. The molecule has 0 fully saturated rings. The quantitative estimate of drug-likeness (QED) is 0.406. The van der Waals surface area contributed by atoms with E-state index in [-0.39, 0.29) is 23.6 Å². The summed E-state index contributed by atoms with van der Waals surface area (Å²) in [5.41, 5.74) is 3.34. The first kappa shape index (κ1) is 22.7. The number of ether oxygens (including phenoxy) is 2. The van der Waals surface area contributed by atoms with Crippen LogP contribution in [0.15, 0.2) is 85.2 Å². The van der Waals surface area contributed by atoms with Gasteiger partial charge < -0.3 is 24.6 Å². The average molecular weight is 456 g/mol. The SMILES string of the molecule is COc1ccc(-c2ccc(N(Cc3cccnc3)C(=O)c3ccc(O)cc3O)cc2)c(OC)c1. The zero-order valence-electron chi connectivity index (χ0n) is 18.8. The summed E-state index contributed by atoms with van der Waals surface area (Å²) in [6.07, 6.45) is 3.35. The van der Waals surface area contributed by atoms with Gasteiger partial charge in [-0.15, -0.1) is 0 Å². The third-order valence-corrected chi connectivity index (χ3v) is 5.42. The summed E-state index contributed by atoms with van der Waals surface area (Å²) in [7, 11) is 3.20. The van der Waals surface area contributed by atoms with Crippen molar-refractivity contribution in [3.63, 3.8) is 0 Å². The summed E-state index contributed by atoms with van der Waals surface area (Å²) < 4.78 is 10.8. The molecule has 0 aliphatic carbocycles. The van der Waals surface area contributed by atoms with Gasteiger partial charge in [0.2, 0.25) is 0 Å². The highest BCUT2D eigenvalue weighted by Crippen LogP contribution is 2.35. The second-order valence-corrected chi connectivity index (χ2v) is 7.57. The summed E-state index contributed by atoms with van der Waals surface area (Å²) >= 11 is 0. The number of carbonyl (C=O) groups is 1. The number of aromatic nitrogens is 1. The van der Waals surface area contributed by atoms with Crippen LogP contribution >= 0.6 is 0 Å². The summed E-state index contributed by atoms with van der Waals surface area (Å²) in [5, 5.41) is 19.9. The number of amides is 1. The molecular weight excluding hydrogens is 432 g/mol. The van der Waals surface area contributed by atoms with Gasteiger partial charge in [-0.05, 0) is 53.6 Å². The standard InChI is InChI=1S/C27H24N2O5/c1-33-22-10-12-23(26(15-22)34-2)19-5-7-20(8-6-19)29(17-18-4-3-13-28-16-18)27(32)24-11-9-21(30)14-25(24)31/h3-16,30-31H,17H2,1-2H3. The Hall–Kier alpha value is -4.52. The van der Waals surface area contributed by atoms with Crippen molar-refractivity contribution in [1.29, 1.82) is 0 Å². The maximum Gasteiger partial charge on any atom is 0.262 e. The Morgan fingerprint density at radius 1 is 0.941 bits per heavy atom. The van der Waals surface area contributed by atoms with E-state index < -0.39 is 5.91 Å². The summed E-state index contributed by atoms with van der Waals surface area (Å²) in [5.74, 6) is 0.547. The molecule has 1 heterocycles. The Morgan fingerprint density at radius 2 is 1.74 bits per heavy atom. The number of hydrogen-bond donors (Lipinski definition) is 2. The van der Waals surface area contributed by atoms with Gasteiger partial charge in [0.25, 0.3) is 5.91 Å². The number of nitrogens with zero attached hydrogens (tertiary/aromatic N) is 2. The van der Waals surface area contributed by atoms with Crippen molar-refractivity contribution in [3.8, 4) is 34.1 Å². The molecule has 2 N–H and O–H groups in total. The van der Waals surface area contributed by atoms with Gasteiger partial charge in [-0.3, -0.25) is 9.78 Å². The highest BCUT2D eigenvalue weighted by atomic mass is 16.5. The van der Waals surface area contributed by atoms with Crippen LogP contribution in [0.1, 0.15) is 15.9 Å². The lowest BCUT2D eigenvalue weighted by Gasteiger charge is -2.24. The highest BCUT2D eigenvalue weighted by Gasteiger charge is 2.22. The topological polar surface area (TPSA) is 92.1 Å². The number of rotatable bonds is 7. The monoisotopic (exact) mass is 456 g/mol. The van der Waals surface area contributed by atoms with Crippen LogP contribution in [0.2, 0.25) is 0 Å². The van der Waals surface area contributed by atoms with Gasteiger partial charge in [0.1, 0.15) is 23.0 Å². The lowest BCUT2D eigenvalue weighted by Crippen LogP contribution is -2.30. The summed E-state index contributed by atoms with van der Waals surface area (Å²) in [6, 6.07) is 20.7. The number of methoxy groups -OCH3 is 2. The van der Waals surface area contributed by atoms with Crippen LogP contribution in [-0.4, -0.2) is 35.3 Å². The Labute approximate surface area is 197 Å². The highest BCUT2D eigenvalue weighted by molar-refractivity contribution is 6.08. The van der Waals surface area contributed by atoms with Crippen molar-refractivity contribution in [3.05, 3.63) is 96.3 Å². The molecule has 0 spiro atoms. The molecule has 1 aromatic heterocycles. The van der Waals surface area contributed by atoms with E-state index in [0.29, 0.717) is 17.2 Å². The van der Waals surface area contributed by atoms with Gasteiger partial charge >= 0.3 is 0 Å². The molecule has 4 rings (SSSR count). The first-order chi connectivity index (χ1) is 16.5. The molecule has 7 nitrogen and oxygen atoms in total. The number of aromatic hydroxyl groups is 2. The molecule has 3 aromatic carbocycles. The van der Waals surface area contributed by atoms with Crippen LogP contribution in [0, 0.1) is 0 Å². The van der Waals surface area contributed by atoms with E-state index in [4.69, 9.17) is 9.47 Å². The average Bonchev–Trinajstić information content (AvgIpc) is 2.87. The maximum atomic E-state index is 13.4. The Balaban J connectivity index is 1.71. The van der Waals surface area contributed by atoms with E-state index in [0.717, 1.165) is 22.8 Å². The van der Waals surface area contributed by atoms with Crippen LogP contribution in [0.25, 0.3) is 11.1 Å². The second kappa shape index (κ2) is 9.95. The van der Waals surface area contributed by atoms with Gasteiger partial charge in [0.05, 0.1) is 26.3 Å². The maximum absolute atomic E-state index is 13.4. The normalized spacial score (nSPS) is 10.5. The van der Waals surface area contributed by atoms with Crippen molar-refractivity contribution in [2.45, 2.75) is 6.54 Å². The lowest BCUT2D eigenvalue weighted by molar-refractivity contribution is 0.0982. The fourth-order valence-corrected chi connectivity index (χ4v) is 3.66. The van der Waals surface area contributed by atoms with Crippen LogP contribution in [0.3, 0.4) is 0 Å². The van der Waals surface area contributed by atoms with Gasteiger partial charge in [-0.2, -0.15) is 0 Å². The molecule has 4 aromatic rings. The molecule has 0 saturated heterocycles. The molecule has 0 atom stereocenters. The first-order valence-electron chi connectivity index (χ1n) is 10.6. The van der Waals surface area contributed by atoms with Crippen molar-refractivity contribution in [2.24, 2.45) is 0 Å². The summed E-state index contributed by atoms with van der Waals surface area (Å²) in [6.45, 7) is 0.248. The lowest BCUT2D eigenvalue weighted by atomic mass is 10.0. The van der Waals surface area contributed by atoms with Crippen molar-refractivity contribution in [1.82, 2.24) is 4.98 Å². The molecule has 0 aliphatic heterocycles. The minimum atomic E-state index is -0.406. The van der Waals surface area contributed by atoms with Gasteiger partial charge in [-0.1, -0.05) is 18.2 Å². The van der Waals surface area contributed by atoms with Crippen LogP contribution in [0.5, 0.6) is 23.0 Å². The fraction of sp³-hybridized carbons (Fsp3) is 0.111. The zero-order chi connectivity index (χ0) is 24.1. The van der Waals surface area contributed by atoms with Crippen molar-refractivity contribution < 1.29 is 24.5 Å². The minimum absolute atomic E-state index is 0.0857. The first-order valence-corrected chi connectivity index (χ1v) is 10.6. The van der Waals surface area contributed by atoms with Gasteiger partial charge in [-0.25, -0.2) is 0 Å². The molecule has 34 heavy (non-hydrogen) atoms. The number of carbonyl (C=O) groups excluding carboxylic acids is 1. The smallest absolute Gasteiger partial charge is 0.262 e. The molecule has 0 bridgehead atoms. The van der Waals surface area contributed by atoms with E-state index >= 15 is 0 Å². The van der Waals surface area contributed by atoms with Gasteiger partial charge in [0.15, 0.2) is 0 Å². The fourth-order valence-electron chi connectivity index (χ4n) is 3.66. The number of benzene rings is 3. The molecule has 0 radical (unpaired) electrons. The van der Waals surface area contributed by atoms with Crippen LogP contribution in [-0.2, 0) is 6.54 Å². The number of hydrogen-bond acceptors (Lipinski definition) is 6. The van der Waals surface area contributed by atoms with Crippen LogP contribution in [0.4, 0.5) is 5.69 Å². The molecule has 7 heteroatoms. The van der Waals surface area contributed by atoms with E-state index in [1.807, 2.05) is 48.5 Å². The van der Waals surface area contributed by atoms with E-state index in [9.17, 15) is 15.0 Å². The van der Waals surface area contributed by atoms with Gasteiger partial charge in [0, 0.05) is 35.8 Å². The summed E-state index contributed by atoms with van der Waals surface area (Å²) in [4.78, 5) is 19.1. The van der Waals surface area contributed by atoms with E-state index in [1.165, 1.54) is 12.1 Å². The molecular formula is C27H24N2O5. The predicted molar refractivity (Wildman–Crippen MR) is 130 cm³/mol. The molecule has 0 aliphatic rings. The van der Waals surface area contributed by atoms with E-state index in [2.05, 4.69) is 4.98 Å². The van der Waals surface area contributed by atoms with Crippen molar-refractivity contribution in [2.75, 3.05) is 19.1 Å². The van der Waals surface area contributed by atoms with Crippen molar-refractivity contribution >= 4 is 11.6 Å². The Kier molecular flexibility index (Phi) is 6.64. The Morgan fingerprint density at radius 3 is 2.38 bits per heavy atom. The third-order valence-electron chi connectivity index (χ3n) is 5.42. The number of pyridine rings is 1. The number of phenols is 2. The molecule has 1 amide bonds. The second-order valence-electron chi connectivity index (χ2n) is 7.57. The molecule has 172 valence electrons. The minimum Gasteiger partial charge on any atom is -0.508 e. The Bertz CT molecular complexity index is 1290.